The number of carbonyl (C=O) groups is 2. The lowest BCUT2D eigenvalue weighted by atomic mass is 9.69. The van der Waals surface area contributed by atoms with Crippen molar-refractivity contribution in [3.8, 4) is 6.07 Å². The highest BCUT2D eigenvalue weighted by atomic mass is 16.2. The van der Waals surface area contributed by atoms with Gasteiger partial charge in [0.05, 0.1) is 6.07 Å². The van der Waals surface area contributed by atoms with Crippen molar-refractivity contribution in [2.75, 3.05) is 7.05 Å². The summed E-state index contributed by atoms with van der Waals surface area (Å²) in [6.07, 6.45) is 2.08. The fourth-order valence-electron chi connectivity index (χ4n) is 1.54. The van der Waals surface area contributed by atoms with Gasteiger partial charge in [0.25, 0.3) is 0 Å². The van der Waals surface area contributed by atoms with Crippen LogP contribution in [0.3, 0.4) is 0 Å². The Bertz CT molecular complexity index is 315. The average Bonchev–Trinajstić information content (AvgIpc) is 2.15. The first-order chi connectivity index (χ1) is 7.05. The molecule has 0 saturated heterocycles. The molecule has 0 heterocycles. The third kappa shape index (κ3) is 2.09. The predicted octanol–water partition coefficient (Wildman–Crippen LogP) is -0.0690. The largest absolute Gasteiger partial charge is 0.357 e. The monoisotopic (exact) mass is 209 g/mol. The van der Waals surface area contributed by atoms with Gasteiger partial charge in [-0.3, -0.25) is 9.59 Å². The van der Waals surface area contributed by atoms with E-state index in [1.807, 2.05) is 6.07 Å². The molecule has 1 aliphatic rings. The number of nitrogens with one attached hydrogen (secondary N) is 2. The molecule has 0 aromatic rings. The molecule has 1 fully saturated rings. The molecule has 82 valence electrons. The maximum Gasteiger partial charge on any atom is 0.242 e. The van der Waals surface area contributed by atoms with Crippen LogP contribution in [0.4, 0.5) is 0 Å². The van der Waals surface area contributed by atoms with Crippen LogP contribution in [0, 0.1) is 16.7 Å². The van der Waals surface area contributed by atoms with Gasteiger partial charge in [-0.2, -0.15) is 5.26 Å². The van der Waals surface area contributed by atoms with Crippen LogP contribution >= 0.6 is 0 Å². The molecule has 0 aliphatic heterocycles. The Labute approximate surface area is 88.8 Å². The highest BCUT2D eigenvalue weighted by Crippen LogP contribution is 2.40. The quantitative estimate of drug-likeness (QED) is 0.682. The van der Waals surface area contributed by atoms with Crippen molar-refractivity contribution in [1.82, 2.24) is 10.6 Å². The smallest absolute Gasteiger partial charge is 0.242 e. The van der Waals surface area contributed by atoms with Gasteiger partial charge in [0, 0.05) is 7.05 Å². The van der Waals surface area contributed by atoms with E-state index in [-0.39, 0.29) is 11.8 Å². The topological polar surface area (TPSA) is 82.0 Å². The van der Waals surface area contributed by atoms with Crippen molar-refractivity contribution in [1.29, 1.82) is 5.26 Å². The molecule has 1 saturated carbocycles. The standard InChI is InChI=1S/C10H15N3O2/c1-7(8(14)12-2)13-9(15)10(6-11)4-3-5-10/h7H,3-5H2,1-2H3,(H,12,14)(H,13,15). The number of hydrogen-bond acceptors (Lipinski definition) is 3. The summed E-state index contributed by atoms with van der Waals surface area (Å²) < 4.78 is 0. The van der Waals surface area contributed by atoms with Gasteiger partial charge in [-0.1, -0.05) is 0 Å². The molecule has 2 N–H and O–H groups in total. The van der Waals surface area contributed by atoms with Crippen molar-refractivity contribution in [3.63, 3.8) is 0 Å². The van der Waals surface area contributed by atoms with Gasteiger partial charge in [0.15, 0.2) is 0 Å². The predicted molar refractivity (Wildman–Crippen MR) is 53.6 cm³/mol. The van der Waals surface area contributed by atoms with Crippen molar-refractivity contribution in [2.24, 2.45) is 5.41 Å². The van der Waals surface area contributed by atoms with E-state index < -0.39 is 11.5 Å². The maximum atomic E-state index is 11.7. The van der Waals surface area contributed by atoms with Crippen LogP contribution in [0.25, 0.3) is 0 Å². The molecule has 1 atom stereocenters. The third-order valence-electron chi connectivity index (χ3n) is 2.84. The first-order valence-electron chi connectivity index (χ1n) is 4.99. The van der Waals surface area contributed by atoms with Crippen molar-refractivity contribution in [3.05, 3.63) is 0 Å². The highest BCUT2D eigenvalue weighted by Gasteiger charge is 2.45. The minimum atomic E-state index is -0.887. The van der Waals surface area contributed by atoms with Crippen molar-refractivity contribution < 1.29 is 9.59 Å². The summed E-state index contributed by atoms with van der Waals surface area (Å²) >= 11 is 0. The lowest BCUT2D eigenvalue weighted by molar-refractivity contribution is -0.135. The number of amides is 2. The first kappa shape index (κ1) is 11.5. The number of nitriles is 1. The second-order valence-corrected chi connectivity index (χ2v) is 3.86. The zero-order chi connectivity index (χ0) is 11.5. The Morgan fingerprint density at radius 1 is 1.47 bits per heavy atom. The molecule has 1 unspecified atom stereocenters. The summed E-state index contributed by atoms with van der Waals surface area (Å²) in [7, 11) is 1.51. The Morgan fingerprint density at radius 3 is 2.40 bits per heavy atom. The minimum Gasteiger partial charge on any atom is -0.357 e. The Balaban J connectivity index is 2.56. The van der Waals surface area contributed by atoms with Crippen LogP contribution in [0.15, 0.2) is 0 Å². The van der Waals surface area contributed by atoms with Gasteiger partial charge in [0.1, 0.15) is 11.5 Å². The summed E-state index contributed by atoms with van der Waals surface area (Å²) in [5.41, 5.74) is -0.887. The molecule has 5 nitrogen and oxygen atoms in total. The van der Waals surface area contributed by atoms with Gasteiger partial charge < -0.3 is 10.6 Å². The van der Waals surface area contributed by atoms with Crippen molar-refractivity contribution in [2.45, 2.75) is 32.2 Å². The normalized spacial score (nSPS) is 19.3. The third-order valence-corrected chi connectivity index (χ3v) is 2.84. The van der Waals surface area contributed by atoms with E-state index in [4.69, 9.17) is 5.26 Å². The molecular formula is C10H15N3O2. The molecule has 0 aromatic heterocycles. The van der Waals surface area contributed by atoms with E-state index >= 15 is 0 Å². The first-order valence-corrected chi connectivity index (χ1v) is 4.99. The van der Waals surface area contributed by atoms with Crippen LogP contribution in [0.1, 0.15) is 26.2 Å². The molecule has 0 aromatic carbocycles. The number of carbonyl (C=O) groups excluding carboxylic acids is 2. The molecule has 0 radical (unpaired) electrons. The molecule has 1 rings (SSSR count). The zero-order valence-corrected chi connectivity index (χ0v) is 8.96. The van der Waals surface area contributed by atoms with E-state index in [0.29, 0.717) is 12.8 Å². The Kier molecular flexibility index (Phi) is 3.30. The van der Waals surface area contributed by atoms with E-state index in [9.17, 15) is 9.59 Å². The van der Waals surface area contributed by atoms with Crippen LogP contribution in [-0.4, -0.2) is 24.9 Å². The summed E-state index contributed by atoms with van der Waals surface area (Å²) in [4.78, 5) is 22.9. The van der Waals surface area contributed by atoms with E-state index in [1.54, 1.807) is 6.92 Å². The minimum absolute atomic E-state index is 0.254. The fraction of sp³-hybridized carbons (Fsp3) is 0.700. The molecule has 1 aliphatic carbocycles. The van der Waals surface area contributed by atoms with Gasteiger partial charge in [-0.25, -0.2) is 0 Å². The van der Waals surface area contributed by atoms with Gasteiger partial charge in [-0.05, 0) is 26.2 Å². The number of likely N-dealkylation sites (N-methyl/N-ethyl adjacent to an activating group) is 1. The molecule has 15 heavy (non-hydrogen) atoms. The molecule has 0 bridgehead atoms. The SMILES string of the molecule is CNC(=O)C(C)NC(=O)C1(C#N)CCC1. The average molecular weight is 209 g/mol. The molecular weight excluding hydrogens is 194 g/mol. The summed E-state index contributed by atoms with van der Waals surface area (Å²) in [5, 5.41) is 13.9. The second-order valence-electron chi connectivity index (χ2n) is 3.86. The van der Waals surface area contributed by atoms with Crippen LogP contribution in [-0.2, 0) is 9.59 Å². The zero-order valence-electron chi connectivity index (χ0n) is 8.96. The second kappa shape index (κ2) is 4.30. The van der Waals surface area contributed by atoms with Gasteiger partial charge in [-0.15, -0.1) is 0 Å². The van der Waals surface area contributed by atoms with Gasteiger partial charge >= 0.3 is 0 Å². The summed E-state index contributed by atoms with van der Waals surface area (Å²) in [6.45, 7) is 1.60. The van der Waals surface area contributed by atoms with E-state index in [1.165, 1.54) is 7.05 Å². The maximum absolute atomic E-state index is 11.7. The Morgan fingerprint density at radius 2 is 2.07 bits per heavy atom. The molecule has 0 spiro atoms. The number of nitrogens with zero attached hydrogens (tertiary/aromatic N) is 1. The summed E-state index contributed by atoms with van der Waals surface area (Å²) in [5.74, 6) is -0.580. The molecule has 5 heteroatoms. The lowest BCUT2D eigenvalue weighted by Crippen LogP contribution is -2.51. The van der Waals surface area contributed by atoms with Crippen LogP contribution in [0.5, 0.6) is 0 Å². The summed E-state index contributed by atoms with van der Waals surface area (Å²) in [6, 6.07) is 1.44. The van der Waals surface area contributed by atoms with E-state index in [0.717, 1.165) is 6.42 Å². The van der Waals surface area contributed by atoms with Crippen LogP contribution in [0.2, 0.25) is 0 Å². The van der Waals surface area contributed by atoms with Crippen molar-refractivity contribution >= 4 is 11.8 Å². The highest BCUT2D eigenvalue weighted by molar-refractivity contribution is 5.91. The van der Waals surface area contributed by atoms with E-state index in [2.05, 4.69) is 10.6 Å². The lowest BCUT2D eigenvalue weighted by Gasteiger charge is -2.34. The number of hydrogen-bond donors (Lipinski definition) is 2. The van der Waals surface area contributed by atoms with Gasteiger partial charge in [0.2, 0.25) is 11.8 Å². The fourth-order valence-corrected chi connectivity index (χ4v) is 1.54. The molecule has 2 amide bonds. The number of rotatable bonds is 3. The Hall–Kier alpha value is -1.57. The van der Waals surface area contributed by atoms with Crippen LogP contribution < -0.4 is 10.6 Å².